The second-order valence-corrected chi connectivity index (χ2v) is 5.89. The van der Waals surface area contributed by atoms with Gasteiger partial charge in [0.25, 0.3) is 0 Å². The summed E-state index contributed by atoms with van der Waals surface area (Å²) in [5.74, 6) is 0.350. The third-order valence-electron chi connectivity index (χ3n) is 3.16. The zero-order valence-corrected chi connectivity index (χ0v) is 13.1. The first-order valence-corrected chi connectivity index (χ1v) is 7.31. The van der Waals surface area contributed by atoms with E-state index in [1.165, 1.54) is 5.56 Å². The third-order valence-corrected chi connectivity index (χ3v) is 3.83. The number of nitrogen functional groups attached to an aromatic ring is 1. The van der Waals surface area contributed by atoms with Gasteiger partial charge in [-0.3, -0.25) is 0 Å². The minimum Gasteiger partial charge on any atom is -0.367 e. The monoisotopic (exact) mass is 376 g/mol. The number of rotatable bonds is 2. The Kier molecular flexibility index (Phi) is 3.48. The number of nitrogens with zero attached hydrogens (tertiary/aromatic N) is 1. The summed E-state index contributed by atoms with van der Waals surface area (Å²) in [6, 6.07) is 16.3. The van der Waals surface area contributed by atoms with Gasteiger partial charge in [-0.05, 0) is 47.2 Å². The lowest BCUT2D eigenvalue weighted by molar-refractivity contribution is 0.439. The molecule has 100 valence electrons. The summed E-state index contributed by atoms with van der Waals surface area (Å²) >= 11 is 2.28. The molecule has 0 aliphatic rings. The summed E-state index contributed by atoms with van der Waals surface area (Å²) in [5, 5.41) is 4.12. The maximum absolute atomic E-state index is 5.96. The maximum Gasteiger partial charge on any atom is 0.230 e. The zero-order valence-electron chi connectivity index (χ0n) is 10.9. The van der Waals surface area contributed by atoms with Gasteiger partial charge in [0.05, 0.1) is 5.56 Å². The fourth-order valence-corrected chi connectivity index (χ4v) is 2.68. The van der Waals surface area contributed by atoms with Gasteiger partial charge in [0, 0.05) is 9.13 Å². The van der Waals surface area contributed by atoms with Crippen molar-refractivity contribution in [2.75, 3.05) is 5.73 Å². The SMILES string of the molecule is Cc1ccc(-c2c(-c3cccc(I)c3)noc2N)cc1. The van der Waals surface area contributed by atoms with Crippen LogP contribution in [0.2, 0.25) is 0 Å². The van der Waals surface area contributed by atoms with Gasteiger partial charge in [-0.15, -0.1) is 0 Å². The number of hydrogen-bond donors (Lipinski definition) is 1. The molecular formula is C16H13IN2O. The smallest absolute Gasteiger partial charge is 0.230 e. The number of anilines is 1. The van der Waals surface area contributed by atoms with Crippen LogP contribution in [0.15, 0.2) is 53.1 Å². The molecule has 0 spiro atoms. The molecule has 0 aliphatic carbocycles. The molecule has 0 bridgehead atoms. The van der Waals surface area contributed by atoms with E-state index >= 15 is 0 Å². The van der Waals surface area contributed by atoms with E-state index in [-0.39, 0.29) is 0 Å². The quantitative estimate of drug-likeness (QED) is 0.670. The number of aryl methyl sites for hydroxylation is 1. The molecular weight excluding hydrogens is 363 g/mol. The van der Waals surface area contributed by atoms with Crippen molar-refractivity contribution in [2.45, 2.75) is 6.92 Å². The van der Waals surface area contributed by atoms with Crippen molar-refractivity contribution in [3.05, 3.63) is 57.7 Å². The minimum atomic E-state index is 0.350. The highest BCUT2D eigenvalue weighted by molar-refractivity contribution is 14.1. The number of aromatic nitrogens is 1. The van der Waals surface area contributed by atoms with Gasteiger partial charge in [-0.1, -0.05) is 47.1 Å². The molecule has 3 aromatic rings. The van der Waals surface area contributed by atoms with Crippen molar-refractivity contribution >= 4 is 28.5 Å². The molecule has 2 aromatic carbocycles. The summed E-state index contributed by atoms with van der Waals surface area (Å²) in [6.07, 6.45) is 0. The van der Waals surface area contributed by atoms with Crippen LogP contribution in [0, 0.1) is 10.5 Å². The Morgan fingerprint density at radius 3 is 2.50 bits per heavy atom. The van der Waals surface area contributed by atoms with Crippen LogP contribution in [0.1, 0.15) is 5.56 Å². The molecule has 0 atom stereocenters. The molecule has 20 heavy (non-hydrogen) atoms. The largest absolute Gasteiger partial charge is 0.367 e. The summed E-state index contributed by atoms with van der Waals surface area (Å²) in [5.41, 5.74) is 10.8. The molecule has 0 aliphatic heterocycles. The lowest BCUT2D eigenvalue weighted by Gasteiger charge is -2.04. The Morgan fingerprint density at radius 1 is 1.05 bits per heavy atom. The summed E-state index contributed by atoms with van der Waals surface area (Å²) < 4.78 is 6.35. The van der Waals surface area contributed by atoms with Crippen molar-refractivity contribution in [2.24, 2.45) is 0 Å². The summed E-state index contributed by atoms with van der Waals surface area (Å²) in [4.78, 5) is 0. The lowest BCUT2D eigenvalue weighted by Crippen LogP contribution is -1.88. The van der Waals surface area contributed by atoms with Crippen molar-refractivity contribution in [3.8, 4) is 22.4 Å². The second-order valence-electron chi connectivity index (χ2n) is 4.65. The van der Waals surface area contributed by atoms with Crippen LogP contribution in [0.4, 0.5) is 5.88 Å². The molecule has 0 amide bonds. The van der Waals surface area contributed by atoms with Crippen molar-refractivity contribution in [3.63, 3.8) is 0 Å². The van der Waals surface area contributed by atoms with Crippen LogP contribution < -0.4 is 5.73 Å². The first kappa shape index (κ1) is 13.2. The highest BCUT2D eigenvalue weighted by atomic mass is 127. The molecule has 3 rings (SSSR count). The first-order chi connectivity index (χ1) is 9.65. The maximum atomic E-state index is 5.96. The standard InChI is InChI=1S/C16H13IN2O/c1-10-5-7-11(8-6-10)14-15(19-20-16(14)18)12-3-2-4-13(17)9-12/h2-9H,18H2,1H3. The van der Waals surface area contributed by atoms with Gasteiger partial charge in [0.1, 0.15) is 5.69 Å². The molecule has 1 aromatic heterocycles. The Labute approximate surface area is 130 Å². The highest BCUT2D eigenvalue weighted by Crippen LogP contribution is 2.36. The van der Waals surface area contributed by atoms with Crippen LogP contribution in [0.5, 0.6) is 0 Å². The summed E-state index contributed by atoms with van der Waals surface area (Å²) in [6.45, 7) is 2.06. The highest BCUT2D eigenvalue weighted by Gasteiger charge is 2.17. The van der Waals surface area contributed by atoms with Gasteiger partial charge in [-0.25, -0.2) is 0 Å². The van der Waals surface area contributed by atoms with Gasteiger partial charge >= 0.3 is 0 Å². The van der Waals surface area contributed by atoms with E-state index in [1.807, 2.05) is 30.3 Å². The molecule has 3 nitrogen and oxygen atoms in total. The van der Waals surface area contributed by atoms with E-state index in [9.17, 15) is 0 Å². The van der Waals surface area contributed by atoms with Crippen LogP contribution in [-0.2, 0) is 0 Å². The van der Waals surface area contributed by atoms with E-state index in [2.05, 4.69) is 52.9 Å². The Morgan fingerprint density at radius 2 is 1.80 bits per heavy atom. The second kappa shape index (κ2) is 5.28. The predicted octanol–water partition coefficient (Wildman–Crippen LogP) is 4.50. The van der Waals surface area contributed by atoms with Gasteiger partial charge < -0.3 is 10.3 Å². The van der Waals surface area contributed by atoms with Crippen molar-refractivity contribution < 1.29 is 4.52 Å². The van der Waals surface area contributed by atoms with Crippen LogP contribution in [-0.4, -0.2) is 5.16 Å². The average molecular weight is 376 g/mol. The van der Waals surface area contributed by atoms with Crippen molar-refractivity contribution in [1.29, 1.82) is 0 Å². The topological polar surface area (TPSA) is 52.0 Å². The molecule has 1 heterocycles. The van der Waals surface area contributed by atoms with E-state index in [1.54, 1.807) is 0 Å². The van der Waals surface area contributed by atoms with E-state index in [0.29, 0.717) is 5.88 Å². The van der Waals surface area contributed by atoms with Crippen LogP contribution >= 0.6 is 22.6 Å². The van der Waals surface area contributed by atoms with E-state index in [4.69, 9.17) is 10.3 Å². The number of benzene rings is 2. The van der Waals surface area contributed by atoms with Crippen molar-refractivity contribution in [1.82, 2.24) is 5.16 Å². The zero-order chi connectivity index (χ0) is 14.1. The molecule has 0 saturated carbocycles. The van der Waals surface area contributed by atoms with Crippen LogP contribution in [0.3, 0.4) is 0 Å². The average Bonchev–Trinajstić information content (AvgIpc) is 2.82. The Hall–Kier alpha value is -1.82. The van der Waals surface area contributed by atoms with Crippen LogP contribution in [0.25, 0.3) is 22.4 Å². The minimum absolute atomic E-state index is 0.350. The molecule has 0 saturated heterocycles. The normalized spacial score (nSPS) is 10.7. The lowest BCUT2D eigenvalue weighted by atomic mass is 10.0. The molecule has 0 fully saturated rings. The molecule has 2 N–H and O–H groups in total. The fraction of sp³-hybridized carbons (Fsp3) is 0.0625. The van der Waals surface area contributed by atoms with E-state index in [0.717, 1.165) is 26.0 Å². The van der Waals surface area contributed by atoms with E-state index < -0.39 is 0 Å². The number of nitrogens with two attached hydrogens (primary N) is 1. The predicted molar refractivity (Wildman–Crippen MR) is 89.2 cm³/mol. The Balaban J connectivity index is 2.17. The van der Waals surface area contributed by atoms with Gasteiger partial charge in [-0.2, -0.15) is 0 Å². The molecule has 0 unspecified atom stereocenters. The van der Waals surface area contributed by atoms with Gasteiger partial charge in [0.2, 0.25) is 5.88 Å². The molecule has 4 heteroatoms. The first-order valence-electron chi connectivity index (χ1n) is 6.23. The Bertz CT molecular complexity index is 747. The fourth-order valence-electron chi connectivity index (χ4n) is 2.13. The molecule has 0 radical (unpaired) electrons. The number of halogens is 1. The third kappa shape index (κ3) is 2.43. The number of hydrogen-bond acceptors (Lipinski definition) is 3. The van der Waals surface area contributed by atoms with Gasteiger partial charge in [0.15, 0.2) is 0 Å². The summed E-state index contributed by atoms with van der Waals surface area (Å²) in [7, 11) is 0.